The molecule has 4 rings (SSSR count). The summed E-state index contributed by atoms with van der Waals surface area (Å²) in [5.41, 5.74) is 5.64. The van der Waals surface area contributed by atoms with Gasteiger partial charge in [0.25, 0.3) is 11.8 Å². The molecule has 0 unspecified atom stereocenters. The van der Waals surface area contributed by atoms with Crippen LogP contribution in [0.2, 0.25) is 0 Å². The Labute approximate surface area is 196 Å². The molecule has 1 fully saturated rings. The molecule has 2 aromatic rings. The minimum atomic E-state index is -0.189. The Balaban J connectivity index is 1.63. The third kappa shape index (κ3) is 4.34. The van der Waals surface area contributed by atoms with E-state index in [0.29, 0.717) is 30.9 Å². The summed E-state index contributed by atoms with van der Waals surface area (Å²) in [5.74, 6) is 0.368. The number of imide groups is 1. The van der Waals surface area contributed by atoms with E-state index in [4.69, 9.17) is 4.74 Å². The highest BCUT2D eigenvalue weighted by molar-refractivity contribution is 6.35. The zero-order chi connectivity index (χ0) is 23.5. The summed E-state index contributed by atoms with van der Waals surface area (Å²) in [7, 11) is 1.62. The van der Waals surface area contributed by atoms with Gasteiger partial charge in [-0.2, -0.15) is 0 Å². The second-order valence-corrected chi connectivity index (χ2v) is 8.76. The maximum atomic E-state index is 13.4. The molecule has 2 aliphatic rings. The van der Waals surface area contributed by atoms with E-state index in [9.17, 15) is 9.59 Å². The number of nitrogens with zero attached hydrogens (tertiary/aromatic N) is 3. The van der Waals surface area contributed by atoms with Gasteiger partial charge < -0.3 is 14.5 Å². The van der Waals surface area contributed by atoms with E-state index in [0.717, 1.165) is 37.2 Å². The Bertz CT molecular complexity index is 1070. The van der Waals surface area contributed by atoms with Crippen molar-refractivity contribution in [3.8, 4) is 5.75 Å². The first-order valence-corrected chi connectivity index (χ1v) is 11.8. The molecule has 0 spiro atoms. The van der Waals surface area contributed by atoms with Crippen molar-refractivity contribution in [3.05, 3.63) is 64.9 Å². The van der Waals surface area contributed by atoms with E-state index >= 15 is 0 Å². The Morgan fingerprint density at radius 3 is 2.18 bits per heavy atom. The lowest BCUT2D eigenvalue weighted by Crippen LogP contribution is -2.48. The van der Waals surface area contributed by atoms with E-state index in [-0.39, 0.29) is 11.8 Å². The summed E-state index contributed by atoms with van der Waals surface area (Å²) in [4.78, 5) is 32.7. The van der Waals surface area contributed by atoms with Gasteiger partial charge in [0.1, 0.15) is 11.4 Å². The normalized spacial score (nSPS) is 16.8. The van der Waals surface area contributed by atoms with Crippen LogP contribution in [0.1, 0.15) is 36.5 Å². The van der Waals surface area contributed by atoms with Gasteiger partial charge in [-0.1, -0.05) is 37.6 Å². The molecule has 2 amide bonds. The number of ether oxygens (including phenoxy) is 1. The molecule has 6 nitrogen and oxygen atoms in total. The Morgan fingerprint density at radius 1 is 0.879 bits per heavy atom. The van der Waals surface area contributed by atoms with Crippen LogP contribution < -0.4 is 9.64 Å². The number of benzene rings is 2. The monoisotopic (exact) mass is 447 g/mol. The number of hydrogen-bond donors (Lipinski definition) is 0. The molecule has 0 radical (unpaired) electrons. The van der Waals surface area contributed by atoms with Crippen molar-refractivity contribution in [2.45, 2.75) is 33.6 Å². The third-order valence-electron chi connectivity index (χ3n) is 6.77. The molecular weight excluding hydrogens is 414 g/mol. The van der Waals surface area contributed by atoms with Crippen molar-refractivity contribution in [1.82, 2.24) is 9.80 Å². The van der Waals surface area contributed by atoms with Gasteiger partial charge in [-0.25, -0.2) is 0 Å². The van der Waals surface area contributed by atoms with E-state index < -0.39 is 0 Å². The molecule has 0 aliphatic carbocycles. The molecule has 2 aliphatic heterocycles. The second kappa shape index (κ2) is 9.69. The van der Waals surface area contributed by atoms with Crippen LogP contribution in [0, 0.1) is 13.8 Å². The third-order valence-corrected chi connectivity index (χ3v) is 6.77. The molecule has 0 saturated carbocycles. The minimum absolute atomic E-state index is 0.167. The summed E-state index contributed by atoms with van der Waals surface area (Å²) in [6.45, 7) is 9.82. The lowest BCUT2D eigenvalue weighted by atomic mass is 10.0. The van der Waals surface area contributed by atoms with Gasteiger partial charge in [0.15, 0.2) is 0 Å². The summed E-state index contributed by atoms with van der Waals surface area (Å²) >= 11 is 0. The number of amides is 2. The summed E-state index contributed by atoms with van der Waals surface area (Å²) in [6, 6.07) is 13.8. The molecule has 0 bridgehead atoms. The van der Waals surface area contributed by atoms with Crippen LogP contribution >= 0.6 is 0 Å². The molecule has 6 heteroatoms. The number of piperazine rings is 1. The minimum Gasteiger partial charge on any atom is -0.497 e. The topological polar surface area (TPSA) is 53.1 Å². The first-order valence-electron chi connectivity index (χ1n) is 11.8. The fourth-order valence-corrected chi connectivity index (χ4v) is 4.64. The lowest BCUT2D eigenvalue weighted by Gasteiger charge is -2.38. The molecule has 0 N–H and O–H groups in total. The van der Waals surface area contributed by atoms with Crippen molar-refractivity contribution < 1.29 is 14.3 Å². The van der Waals surface area contributed by atoms with Crippen molar-refractivity contribution in [3.63, 3.8) is 0 Å². The number of unbranched alkanes of at least 4 members (excludes halogenated alkanes) is 1. The summed E-state index contributed by atoms with van der Waals surface area (Å²) in [5, 5.41) is 0. The van der Waals surface area contributed by atoms with Crippen molar-refractivity contribution in [1.29, 1.82) is 0 Å². The maximum absolute atomic E-state index is 13.4. The quantitative estimate of drug-likeness (QED) is 0.600. The molecule has 0 aromatic heterocycles. The molecule has 2 aromatic carbocycles. The van der Waals surface area contributed by atoms with E-state index in [1.165, 1.54) is 21.7 Å². The van der Waals surface area contributed by atoms with Gasteiger partial charge in [-0.05, 0) is 55.2 Å². The highest BCUT2D eigenvalue weighted by atomic mass is 16.5. The second-order valence-electron chi connectivity index (χ2n) is 8.76. The van der Waals surface area contributed by atoms with Crippen LogP contribution in [0.5, 0.6) is 5.75 Å². The summed E-state index contributed by atoms with van der Waals surface area (Å²) < 4.78 is 5.27. The van der Waals surface area contributed by atoms with E-state index in [1.54, 1.807) is 7.11 Å². The maximum Gasteiger partial charge on any atom is 0.277 e. The Kier molecular flexibility index (Phi) is 6.72. The van der Waals surface area contributed by atoms with Crippen molar-refractivity contribution >= 4 is 23.1 Å². The number of carbonyl (C=O) groups is 2. The van der Waals surface area contributed by atoms with Crippen molar-refractivity contribution in [2.24, 2.45) is 0 Å². The van der Waals surface area contributed by atoms with Crippen molar-refractivity contribution in [2.75, 3.05) is 44.7 Å². The molecule has 2 heterocycles. The number of hydrogen-bond acceptors (Lipinski definition) is 5. The first kappa shape index (κ1) is 22.9. The number of methoxy groups -OCH3 is 1. The van der Waals surface area contributed by atoms with Crippen LogP contribution in [0.3, 0.4) is 0 Å². The number of rotatable bonds is 7. The summed E-state index contributed by atoms with van der Waals surface area (Å²) in [6.07, 6.45) is 1.74. The average molecular weight is 448 g/mol. The number of aryl methyl sites for hydroxylation is 1. The lowest BCUT2D eigenvalue weighted by molar-refractivity contribution is -0.137. The van der Waals surface area contributed by atoms with Gasteiger partial charge in [0, 0.05) is 38.4 Å². The fourth-order valence-electron chi connectivity index (χ4n) is 4.64. The van der Waals surface area contributed by atoms with Gasteiger partial charge >= 0.3 is 0 Å². The van der Waals surface area contributed by atoms with Gasteiger partial charge in [-0.3, -0.25) is 14.5 Å². The smallest absolute Gasteiger partial charge is 0.277 e. The standard InChI is InChI=1S/C27H33N3O3/c1-5-6-14-30-26(31)24(21-10-12-22(33-4)13-11-21)25(27(30)32)29-17-15-28(16-18-29)23-9-7-8-19(2)20(23)3/h7-13H,5-6,14-18H2,1-4H3. The van der Waals surface area contributed by atoms with Crippen LogP contribution in [-0.4, -0.2) is 61.4 Å². The fraction of sp³-hybridized carbons (Fsp3) is 0.407. The van der Waals surface area contributed by atoms with Crippen LogP contribution in [0.4, 0.5) is 5.69 Å². The first-order chi connectivity index (χ1) is 16.0. The van der Waals surface area contributed by atoms with Gasteiger partial charge in [0.2, 0.25) is 0 Å². The van der Waals surface area contributed by atoms with E-state index in [2.05, 4.69) is 48.8 Å². The number of anilines is 1. The predicted octanol–water partition coefficient (Wildman–Crippen LogP) is 4.01. The van der Waals surface area contributed by atoms with Crippen LogP contribution in [-0.2, 0) is 9.59 Å². The van der Waals surface area contributed by atoms with Gasteiger partial charge in [-0.15, -0.1) is 0 Å². The highest BCUT2D eigenvalue weighted by Gasteiger charge is 2.41. The zero-order valence-corrected chi connectivity index (χ0v) is 20.1. The molecule has 0 atom stereocenters. The zero-order valence-electron chi connectivity index (χ0n) is 20.1. The van der Waals surface area contributed by atoms with Gasteiger partial charge in [0.05, 0.1) is 12.7 Å². The van der Waals surface area contributed by atoms with Crippen LogP contribution in [0.25, 0.3) is 5.57 Å². The molecule has 174 valence electrons. The highest BCUT2D eigenvalue weighted by Crippen LogP contribution is 2.34. The molecular formula is C27H33N3O3. The van der Waals surface area contributed by atoms with E-state index in [1.807, 2.05) is 24.3 Å². The molecule has 1 saturated heterocycles. The van der Waals surface area contributed by atoms with Crippen LogP contribution in [0.15, 0.2) is 48.2 Å². The molecule has 33 heavy (non-hydrogen) atoms. The Hall–Kier alpha value is -3.28. The average Bonchev–Trinajstić information content (AvgIpc) is 3.09. The number of carbonyl (C=O) groups excluding carboxylic acids is 2. The predicted molar refractivity (Wildman–Crippen MR) is 131 cm³/mol. The largest absolute Gasteiger partial charge is 0.497 e. The Morgan fingerprint density at radius 2 is 1.55 bits per heavy atom. The SMILES string of the molecule is CCCCN1C(=O)C(c2ccc(OC)cc2)=C(N2CCN(c3cccc(C)c3C)CC2)C1=O.